The molecule has 86 heavy (non-hydrogen) atoms. The molecule has 506 valence electrons. The van der Waals surface area contributed by atoms with E-state index in [4.69, 9.17) is 18.5 Å². The van der Waals surface area contributed by atoms with E-state index in [-0.39, 0.29) is 32.0 Å². The summed E-state index contributed by atoms with van der Waals surface area (Å²) in [5.74, 6) is -0.808. The van der Waals surface area contributed by atoms with Crippen LogP contribution in [-0.2, 0) is 32.7 Å². The van der Waals surface area contributed by atoms with E-state index in [1.807, 2.05) is 21.1 Å². The molecule has 0 saturated carbocycles. The van der Waals surface area contributed by atoms with Gasteiger partial charge in [0.25, 0.3) is 7.82 Å². The van der Waals surface area contributed by atoms with Crippen LogP contribution in [0.3, 0.4) is 0 Å². The van der Waals surface area contributed by atoms with Crippen molar-refractivity contribution in [3.05, 3.63) is 48.6 Å². The lowest BCUT2D eigenvalue weighted by Crippen LogP contribution is -2.37. The van der Waals surface area contributed by atoms with Crippen molar-refractivity contribution in [2.75, 3.05) is 47.5 Å². The van der Waals surface area contributed by atoms with E-state index in [0.717, 1.165) is 57.8 Å². The first-order chi connectivity index (χ1) is 42.0. The van der Waals surface area contributed by atoms with Crippen LogP contribution < -0.4 is 4.89 Å². The molecule has 0 aliphatic carbocycles. The van der Waals surface area contributed by atoms with Gasteiger partial charge >= 0.3 is 11.9 Å². The van der Waals surface area contributed by atoms with E-state index < -0.39 is 26.5 Å². The number of likely N-dealkylation sites (N-methyl/N-ethyl adjacent to an activating group) is 1. The van der Waals surface area contributed by atoms with Crippen molar-refractivity contribution in [1.29, 1.82) is 0 Å². The summed E-state index contributed by atoms with van der Waals surface area (Å²) in [5, 5.41) is 0. The first kappa shape index (κ1) is 84.0. The SMILES string of the molecule is CC/C=C\C/C=C\C/C=C\C/C=C\CCCCCCCCCCCCCCCCCCCCCCCCCCC(=O)OC(COC(=O)CCCCCCCCCCCCCCCCCCCCCCCCCCC)COP(=O)([O-])OCC[N+](C)(C)C. The molecule has 0 saturated heterocycles. The fourth-order valence-electron chi connectivity index (χ4n) is 11.2. The molecule has 0 aliphatic heterocycles. The molecule has 0 amide bonds. The number of ether oxygens (including phenoxy) is 2. The van der Waals surface area contributed by atoms with Crippen LogP contribution in [0.2, 0.25) is 0 Å². The average Bonchev–Trinajstić information content (AvgIpc) is 3.67. The third-order valence-corrected chi connectivity index (χ3v) is 17.8. The van der Waals surface area contributed by atoms with Crippen LogP contribution in [-0.4, -0.2) is 70.0 Å². The van der Waals surface area contributed by atoms with Crippen LogP contribution in [0.1, 0.15) is 373 Å². The lowest BCUT2D eigenvalue weighted by atomic mass is 10.0. The van der Waals surface area contributed by atoms with Crippen molar-refractivity contribution in [3.63, 3.8) is 0 Å². The summed E-state index contributed by atoms with van der Waals surface area (Å²) in [6.45, 7) is 4.21. The highest BCUT2D eigenvalue weighted by atomic mass is 31.2. The number of phosphoric acid groups is 1. The average molecular weight is 1230 g/mol. The first-order valence-corrected chi connectivity index (χ1v) is 38.8. The molecule has 0 aromatic heterocycles. The fraction of sp³-hybridized carbons (Fsp3) is 0.868. The lowest BCUT2D eigenvalue weighted by Gasteiger charge is -2.28. The van der Waals surface area contributed by atoms with Gasteiger partial charge in [-0.25, -0.2) is 0 Å². The predicted octanol–water partition coefficient (Wildman–Crippen LogP) is 23.8. The van der Waals surface area contributed by atoms with E-state index in [1.165, 1.54) is 283 Å². The zero-order chi connectivity index (χ0) is 62.6. The van der Waals surface area contributed by atoms with E-state index in [9.17, 15) is 19.0 Å². The predicted molar refractivity (Wildman–Crippen MR) is 370 cm³/mol. The summed E-state index contributed by atoms with van der Waals surface area (Å²) < 4.78 is 34.4. The van der Waals surface area contributed by atoms with Gasteiger partial charge in [-0.15, -0.1) is 0 Å². The number of allylic oxidation sites excluding steroid dienone is 8. The monoisotopic (exact) mass is 1230 g/mol. The molecule has 0 N–H and O–H groups in total. The molecule has 0 rings (SSSR count). The topological polar surface area (TPSA) is 111 Å². The fourth-order valence-corrected chi connectivity index (χ4v) is 11.9. The molecule has 0 aromatic rings. The molecule has 9 nitrogen and oxygen atoms in total. The van der Waals surface area contributed by atoms with Gasteiger partial charge in [0.15, 0.2) is 6.10 Å². The summed E-state index contributed by atoms with van der Waals surface area (Å²) in [4.78, 5) is 38.1. The van der Waals surface area contributed by atoms with Gasteiger partial charge in [-0.2, -0.15) is 0 Å². The zero-order valence-corrected chi connectivity index (χ0v) is 58.7. The van der Waals surface area contributed by atoms with Crippen LogP contribution in [0.4, 0.5) is 0 Å². The number of hydrogen-bond acceptors (Lipinski definition) is 8. The van der Waals surface area contributed by atoms with Crippen molar-refractivity contribution >= 4 is 19.8 Å². The Morgan fingerprint density at radius 2 is 0.663 bits per heavy atom. The number of carbonyl (C=O) groups excluding carboxylic acids is 2. The Morgan fingerprint density at radius 1 is 0.372 bits per heavy atom. The normalized spacial score (nSPS) is 13.3. The van der Waals surface area contributed by atoms with Gasteiger partial charge in [-0.05, 0) is 51.4 Å². The molecule has 2 unspecified atom stereocenters. The number of nitrogens with zero attached hydrogens (tertiary/aromatic N) is 1. The number of unbranched alkanes of at least 4 members (excludes halogenated alkanes) is 48. The molecule has 0 aliphatic rings. The minimum atomic E-state index is -4.64. The third kappa shape index (κ3) is 71.1. The van der Waals surface area contributed by atoms with Crippen molar-refractivity contribution in [1.82, 2.24) is 0 Å². The number of carbonyl (C=O) groups is 2. The van der Waals surface area contributed by atoms with Gasteiger partial charge in [-0.1, -0.05) is 358 Å². The summed E-state index contributed by atoms with van der Waals surface area (Å²) in [5.41, 5.74) is 0. The Balaban J connectivity index is 3.92. The molecule has 0 spiro atoms. The highest BCUT2D eigenvalue weighted by molar-refractivity contribution is 7.45. The van der Waals surface area contributed by atoms with Crippen molar-refractivity contribution < 1.29 is 42.1 Å². The quantitative estimate of drug-likeness (QED) is 0.0195. The van der Waals surface area contributed by atoms with Crippen LogP contribution in [0.15, 0.2) is 48.6 Å². The molecular formula is C76H144NO8P. The molecule has 0 aromatic carbocycles. The number of esters is 2. The largest absolute Gasteiger partial charge is 0.756 e. The molecule has 0 heterocycles. The van der Waals surface area contributed by atoms with Crippen LogP contribution >= 0.6 is 7.82 Å². The van der Waals surface area contributed by atoms with Crippen LogP contribution in [0.25, 0.3) is 0 Å². The Hall–Kier alpha value is -2.03. The molecule has 0 fully saturated rings. The summed E-state index contributed by atoms with van der Waals surface area (Å²) >= 11 is 0. The number of hydrogen-bond donors (Lipinski definition) is 0. The number of phosphoric ester groups is 1. The van der Waals surface area contributed by atoms with E-state index in [0.29, 0.717) is 17.4 Å². The van der Waals surface area contributed by atoms with Gasteiger partial charge < -0.3 is 27.9 Å². The lowest BCUT2D eigenvalue weighted by molar-refractivity contribution is -0.870. The minimum absolute atomic E-state index is 0.0273. The van der Waals surface area contributed by atoms with Gasteiger partial charge in [0.1, 0.15) is 19.8 Å². The van der Waals surface area contributed by atoms with Crippen molar-refractivity contribution in [3.8, 4) is 0 Å². The van der Waals surface area contributed by atoms with Gasteiger partial charge in [0.05, 0.1) is 27.7 Å². The Morgan fingerprint density at radius 3 is 0.988 bits per heavy atom. The highest BCUT2D eigenvalue weighted by Crippen LogP contribution is 2.38. The summed E-state index contributed by atoms with van der Waals surface area (Å²) in [6.07, 6.45) is 87.9. The van der Waals surface area contributed by atoms with Gasteiger partial charge in [0, 0.05) is 12.8 Å². The molecule has 0 bridgehead atoms. The molecule has 2 atom stereocenters. The van der Waals surface area contributed by atoms with E-state index >= 15 is 0 Å². The highest BCUT2D eigenvalue weighted by Gasteiger charge is 2.22. The second kappa shape index (κ2) is 67.4. The number of rotatable bonds is 70. The summed E-state index contributed by atoms with van der Waals surface area (Å²) in [7, 11) is 1.19. The van der Waals surface area contributed by atoms with Crippen molar-refractivity contribution in [2.24, 2.45) is 0 Å². The first-order valence-electron chi connectivity index (χ1n) is 37.3. The Bertz CT molecular complexity index is 1590. The van der Waals surface area contributed by atoms with E-state index in [2.05, 4.69) is 62.5 Å². The van der Waals surface area contributed by atoms with Crippen molar-refractivity contribution in [2.45, 2.75) is 380 Å². The van der Waals surface area contributed by atoms with Gasteiger partial charge in [-0.3, -0.25) is 14.2 Å². The maximum atomic E-state index is 12.9. The minimum Gasteiger partial charge on any atom is -0.756 e. The van der Waals surface area contributed by atoms with Crippen LogP contribution in [0, 0.1) is 0 Å². The van der Waals surface area contributed by atoms with Crippen LogP contribution in [0.5, 0.6) is 0 Å². The molecular weight excluding hydrogens is 1090 g/mol. The maximum Gasteiger partial charge on any atom is 0.306 e. The standard InChI is InChI=1S/C76H144NO8P/c1-6-8-10-12-14-16-18-20-22-24-26-28-30-32-33-34-35-36-37-38-39-40-41-42-43-45-47-49-51-53-55-57-59-61-63-65-67-69-76(79)85-74(73-84-86(80,81)83-71-70-77(3,4)5)72-82-75(78)68-66-64-62-60-58-56-54-52-50-48-46-44-31-29-27-25-23-21-19-17-15-13-11-9-7-2/h8,10,14,16,20,22,26,28,74H,6-7,9,11-13,15,17-19,21,23-25,27,29-73H2,1-5H3/b10-8-,16-14-,22-20-,28-26-. The Labute approximate surface area is 534 Å². The van der Waals surface area contributed by atoms with E-state index in [1.54, 1.807) is 0 Å². The summed E-state index contributed by atoms with van der Waals surface area (Å²) in [6, 6.07) is 0. The zero-order valence-electron chi connectivity index (χ0n) is 57.8. The molecule has 0 radical (unpaired) electrons. The number of quaternary nitrogens is 1. The van der Waals surface area contributed by atoms with Gasteiger partial charge in [0.2, 0.25) is 0 Å². The Kier molecular flexibility index (Phi) is 65.8. The smallest absolute Gasteiger partial charge is 0.306 e. The molecule has 10 heteroatoms. The third-order valence-electron chi connectivity index (χ3n) is 16.9. The second-order valence-corrected chi connectivity index (χ2v) is 28.1. The second-order valence-electron chi connectivity index (χ2n) is 26.6. The maximum absolute atomic E-state index is 12.9.